The van der Waals surface area contributed by atoms with Gasteiger partial charge in [0.25, 0.3) is 0 Å². The molecular formula is C44H52Br4N8O4. The van der Waals surface area contributed by atoms with Crippen LogP contribution in [0, 0.1) is 0 Å². The molecule has 0 aliphatic carbocycles. The fourth-order valence-electron chi connectivity index (χ4n) is 7.16. The lowest BCUT2D eigenvalue weighted by molar-refractivity contribution is 0.275. The molecule has 60 heavy (non-hydrogen) atoms. The summed E-state index contributed by atoms with van der Waals surface area (Å²) >= 11 is 7.19. The molecular weight excluding hydrogens is 1020 g/mol. The van der Waals surface area contributed by atoms with Crippen molar-refractivity contribution in [2.75, 3.05) is 65.3 Å². The summed E-state index contributed by atoms with van der Waals surface area (Å²) in [5.41, 5.74) is 6.12. The molecule has 2 aliphatic heterocycles. The largest absolute Gasteiger partial charge is 0.493 e. The summed E-state index contributed by atoms with van der Waals surface area (Å²) in [7, 11) is 7.63. The Balaban J connectivity index is 0.000000220. The van der Waals surface area contributed by atoms with E-state index >= 15 is 0 Å². The molecule has 4 bridgehead atoms. The summed E-state index contributed by atoms with van der Waals surface area (Å²) < 4.78 is 25.2. The highest BCUT2D eigenvalue weighted by Crippen LogP contribution is 2.38. The van der Waals surface area contributed by atoms with E-state index in [0.29, 0.717) is 24.7 Å². The molecule has 4 aromatic carbocycles. The van der Waals surface area contributed by atoms with Gasteiger partial charge in [-0.3, -0.25) is 0 Å². The zero-order valence-corrected chi connectivity index (χ0v) is 40.9. The van der Waals surface area contributed by atoms with Crippen molar-refractivity contribution >= 4 is 111 Å². The van der Waals surface area contributed by atoms with Gasteiger partial charge in [-0.2, -0.15) is 0 Å². The first-order valence-electron chi connectivity index (χ1n) is 19.7. The maximum Gasteiger partial charge on any atom is 0.162 e. The topological polar surface area (TPSA) is 119 Å². The van der Waals surface area contributed by atoms with Crippen LogP contribution in [0.4, 0.5) is 23.0 Å². The van der Waals surface area contributed by atoms with Crippen molar-refractivity contribution in [1.82, 2.24) is 29.7 Å². The second kappa shape index (κ2) is 22.9. The highest BCUT2D eigenvalue weighted by Gasteiger charge is 2.17. The summed E-state index contributed by atoms with van der Waals surface area (Å²) in [6, 6.07) is 20.4. The Morgan fingerprint density at radius 3 is 1.42 bits per heavy atom. The van der Waals surface area contributed by atoms with Crippen LogP contribution < -0.4 is 29.6 Å². The molecule has 0 amide bonds. The standard InChI is InChI=1S/2C22H25BrN4O2.2BrH/c2*1-27-8-4-3-5-9-29-21-11-17-19(12-20(21)28-2)24-14-25-22(17)26-18-10-16(23)7-6-15(18)13-27;;/h2*6-7,10-12,14H,3-5,8-9,13H2,1-2H3,(H,24,25,26);2*1H. The van der Waals surface area contributed by atoms with Crippen LogP contribution in [0.25, 0.3) is 21.8 Å². The number of methoxy groups -OCH3 is 2. The first-order valence-corrected chi connectivity index (χ1v) is 21.3. The molecule has 8 rings (SSSR count). The Labute approximate surface area is 390 Å². The maximum atomic E-state index is 6.05. The number of aromatic nitrogens is 4. The van der Waals surface area contributed by atoms with E-state index in [1.165, 1.54) is 11.1 Å². The molecule has 16 heteroatoms. The molecule has 0 spiro atoms. The Morgan fingerprint density at radius 1 is 0.567 bits per heavy atom. The number of nitrogens with one attached hydrogen (secondary N) is 2. The number of anilines is 4. The maximum absolute atomic E-state index is 6.05. The van der Waals surface area contributed by atoms with Crippen LogP contribution in [-0.4, -0.2) is 84.4 Å². The normalized spacial score (nSPS) is 15.2. The average Bonchev–Trinajstić information content (AvgIpc) is 3.22. The molecule has 0 saturated heterocycles. The van der Waals surface area contributed by atoms with Crippen LogP contribution in [-0.2, 0) is 13.1 Å². The summed E-state index contributed by atoms with van der Waals surface area (Å²) in [5.74, 6) is 4.32. The molecule has 12 nitrogen and oxygen atoms in total. The minimum absolute atomic E-state index is 0. The molecule has 0 atom stereocenters. The Morgan fingerprint density at radius 2 is 1.00 bits per heavy atom. The number of rotatable bonds is 2. The smallest absolute Gasteiger partial charge is 0.162 e. The lowest BCUT2D eigenvalue weighted by Gasteiger charge is -2.20. The van der Waals surface area contributed by atoms with E-state index in [0.717, 1.165) is 130 Å². The molecule has 2 aliphatic rings. The molecule has 0 saturated carbocycles. The number of halogens is 4. The lowest BCUT2D eigenvalue weighted by Crippen LogP contribution is -2.20. The first-order chi connectivity index (χ1) is 28.3. The zero-order valence-electron chi connectivity index (χ0n) is 34.3. The minimum Gasteiger partial charge on any atom is -0.493 e. The van der Waals surface area contributed by atoms with Gasteiger partial charge in [0.2, 0.25) is 0 Å². The van der Waals surface area contributed by atoms with Gasteiger partial charge in [0.1, 0.15) is 24.3 Å². The number of hydrogen-bond acceptors (Lipinski definition) is 12. The van der Waals surface area contributed by atoms with Crippen molar-refractivity contribution in [3.8, 4) is 23.0 Å². The van der Waals surface area contributed by atoms with Gasteiger partial charge in [-0.05, 0) is 113 Å². The van der Waals surface area contributed by atoms with Crippen LogP contribution in [0.2, 0.25) is 0 Å². The summed E-state index contributed by atoms with van der Waals surface area (Å²) in [6.45, 7) is 5.15. The summed E-state index contributed by atoms with van der Waals surface area (Å²) in [5, 5.41) is 8.85. The Bertz CT molecular complexity index is 2190. The average molecular weight is 1080 g/mol. The van der Waals surface area contributed by atoms with E-state index in [9.17, 15) is 0 Å². The molecule has 2 aromatic heterocycles. The zero-order chi connectivity index (χ0) is 40.4. The van der Waals surface area contributed by atoms with Crippen LogP contribution >= 0.6 is 65.8 Å². The molecule has 320 valence electrons. The van der Waals surface area contributed by atoms with Gasteiger partial charge >= 0.3 is 0 Å². The van der Waals surface area contributed by atoms with Gasteiger partial charge in [-0.1, -0.05) is 44.0 Å². The molecule has 6 aromatic rings. The first kappa shape index (κ1) is 47.3. The second-order valence-corrected chi connectivity index (χ2v) is 16.5. The second-order valence-electron chi connectivity index (χ2n) is 14.6. The van der Waals surface area contributed by atoms with Crippen molar-refractivity contribution in [2.24, 2.45) is 0 Å². The third-order valence-corrected chi connectivity index (χ3v) is 11.2. The van der Waals surface area contributed by atoms with Gasteiger partial charge in [0.15, 0.2) is 23.0 Å². The third kappa shape index (κ3) is 12.2. The number of ether oxygens (including phenoxy) is 4. The summed E-state index contributed by atoms with van der Waals surface area (Å²) in [6.07, 6.45) is 9.69. The van der Waals surface area contributed by atoms with E-state index < -0.39 is 0 Å². The van der Waals surface area contributed by atoms with Crippen molar-refractivity contribution in [1.29, 1.82) is 0 Å². The molecule has 4 heterocycles. The molecule has 0 fully saturated rings. The summed E-state index contributed by atoms with van der Waals surface area (Å²) in [4.78, 5) is 22.6. The molecule has 0 unspecified atom stereocenters. The molecule has 0 radical (unpaired) electrons. The number of fused-ring (bicyclic) bond motifs is 4. The van der Waals surface area contributed by atoms with Crippen molar-refractivity contribution in [3.63, 3.8) is 0 Å². The molecule has 2 N–H and O–H groups in total. The number of nitrogens with zero attached hydrogens (tertiary/aromatic N) is 6. The van der Waals surface area contributed by atoms with Gasteiger partial charge in [-0.15, -0.1) is 34.0 Å². The third-order valence-electron chi connectivity index (χ3n) is 10.3. The van der Waals surface area contributed by atoms with Gasteiger partial charge < -0.3 is 39.4 Å². The Hall–Kier alpha value is -3.80. The predicted molar refractivity (Wildman–Crippen MR) is 259 cm³/mol. The van der Waals surface area contributed by atoms with E-state index in [4.69, 9.17) is 18.9 Å². The van der Waals surface area contributed by atoms with Crippen LogP contribution in [0.3, 0.4) is 0 Å². The number of hydrogen-bond donors (Lipinski definition) is 2. The van der Waals surface area contributed by atoms with E-state index in [1.807, 2.05) is 24.3 Å². The van der Waals surface area contributed by atoms with Gasteiger partial charge in [-0.25, -0.2) is 19.9 Å². The van der Waals surface area contributed by atoms with Gasteiger partial charge in [0.05, 0.1) is 38.5 Å². The minimum atomic E-state index is 0. The monoisotopic (exact) mass is 1070 g/mol. The van der Waals surface area contributed by atoms with Gasteiger partial charge in [0, 0.05) is 56.3 Å². The lowest BCUT2D eigenvalue weighted by atomic mass is 10.1. The highest BCUT2D eigenvalue weighted by molar-refractivity contribution is 9.10. The number of benzene rings is 4. The SMILES string of the molecule is Br.Br.COc1cc2ncnc3c2cc1OCCCCCN(C)Cc1ccc(Br)cc1N3.COc1cc2ncnc3c2cc1OCCCCCN(C)Cc1ccc(Br)cc1N3. The van der Waals surface area contributed by atoms with Crippen molar-refractivity contribution in [3.05, 3.63) is 93.4 Å². The highest BCUT2D eigenvalue weighted by atomic mass is 79.9. The fraction of sp³-hybridized carbons (Fsp3) is 0.364. The van der Waals surface area contributed by atoms with E-state index in [-0.39, 0.29) is 34.0 Å². The van der Waals surface area contributed by atoms with Crippen LogP contribution in [0.5, 0.6) is 23.0 Å². The fourth-order valence-corrected chi connectivity index (χ4v) is 7.88. The van der Waals surface area contributed by atoms with Crippen molar-refractivity contribution < 1.29 is 18.9 Å². The predicted octanol–water partition coefficient (Wildman–Crippen LogP) is 11.4. The van der Waals surface area contributed by atoms with E-state index in [2.05, 4.69) is 123 Å². The Kier molecular flexibility index (Phi) is 18.0. The van der Waals surface area contributed by atoms with E-state index in [1.54, 1.807) is 26.9 Å². The quantitative estimate of drug-likeness (QED) is 0.172. The van der Waals surface area contributed by atoms with Crippen LogP contribution in [0.1, 0.15) is 49.7 Å². The van der Waals surface area contributed by atoms with Crippen molar-refractivity contribution in [2.45, 2.75) is 51.6 Å². The van der Waals surface area contributed by atoms with Crippen LogP contribution in [0.15, 0.2) is 82.3 Å².